The van der Waals surface area contributed by atoms with Gasteiger partial charge >= 0.3 is 0 Å². The van der Waals surface area contributed by atoms with E-state index < -0.39 is 4.92 Å². The lowest BCUT2D eigenvalue weighted by Gasteiger charge is -2.05. The van der Waals surface area contributed by atoms with E-state index in [1.807, 2.05) is 6.92 Å². The van der Waals surface area contributed by atoms with Crippen molar-refractivity contribution in [2.75, 3.05) is 0 Å². The van der Waals surface area contributed by atoms with Crippen LogP contribution in [0, 0.1) is 10.1 Å². The van der Waals surface area contributed by atoms with E-state index >= 15 is 0 Å². The van der Waals surface area contributed by atoms with Gasteiger partial charge in [-0.1, -0.05) is 17.7 Å². The molecular formula is C9H11ClN2O2. The van der Waals surface area contributed by atoms with E-state index in [2.05, 4.69) is 0 Å². The molecule has 0 spiro atoms. The molecule has 76 valence electrons. The van der Waals surface area contributed by atoms with E-state index in [1.165, 1.54) is 12.1 Å². The minimum absolute atomic E-state index is 0.0178. The number of nitrogens with two attached hydrogens (primary N) is 1. The second kappa shape index (κ2) is 4.39. The zero-order valence-electron chi connectivity index (χ0n) is 7.74. The Hall–Kier alpha value is -1.13. The van der Waals surface area contributed by atoms with Gasteiger partial charge in [0.2, 0.25) is 0 Å². The van der Waals surface area contributed by atoms with Crippen molar-refractivity contribution in [3.63, 3.8) is 0 Å². The highest BCUT2D eigenvalue weighted by molar-refractivity contribution is 6.32. The summed E-state index contributed by atoms with van der Waals surface area (Å²) in [5.74, 6) is 0. The van der Waals surface area contributed by atoms with Gasteiger partial charge in [-0.3, -0.25) is 10.1 Å². The molecule has 4 nitrogen and oxygen atoms in total. The highest BCUT2D eigenvalue weighted by atomic mass is 35.5. The normalized spacial score (nSPS) is 12.5. The highest BCUT2D eigenvalue weighted by Crippen LogP contribution is 2.25. The van der Waals surface area contributed by atoms with Crippen molar-refractivity contribution < 1.29 is 4.92 Å². The first-order chi connectivity index (χ1) is 6.50. The Balaban J connectivity index is 3.00. The van der Waals surface area contributed by atoms with Gasteiger partial charge in [0.1, 0.15) is 5.02 Å². The third-order valence-corrected chi connectivity index (χ3v) is 2.08. The van der Waals surface area contributed by atoms with Crippen LogP contribution in [0.5, 0.6) is 0 Å². The first-order valence-corrected chi connectivity index (χ1v) is 4.57. The lowest BCUT2D eigenvalue weighted by molar-refractivity contribution is -0.384. The highest BCUT2D eigenvalue weighted by Gasteiger charge is 2.12. The Bertz CT molecular complexity index is 353. The number of nitro benzene ring substituents is 1. The largest absolute Gasteiger partial charge is 0.328 e. The number of nitrogens with zero attached hydrogens (tertiary/aromatic N) is 1. The summed E-state index contributed by atoms with van der Waals surface area (Å²) in [5, 5.41) is 10.7. The van der Waals surface area contributed by atoms with Crippen LogP contribution >= 0.6 is 11.6 Å². The molecule has 0 heterocycles. The molecule has 0 fully saturated rings. The molecule has 1 atom stereocenters. The summed E-state index contributed by atoms with van der Waals surface area (Å²) in [7, 11) is 0. The van der Waals surface area contributed by atoms with Gasteiger partial charge in [-0.05, 0) is 25.0 Å². The maximum absolute atomic E-state index is 10.5. The molecule has 14 heavy (non-hydrogen) atoms. The molecule has 0 radical (unpaired) electrons. The third-order valence-electron chi connectivity index (χ3n) is 1.76. The number of nitro groups is 1. The van der Waals surface area contributed by atoms with Crippen molar-refractivity contribution in [3.05, 3.63) is 38.9 Å². The van der Waals surface area contributed by atoms with E-state index in [1.54, 1.807) is 6.07 Å². The van der Waals surface area contributed by atoms with E-state index in [-0.39, 0.29) is 16.8 Å². The molecule has 0 aliphatic carbocycles. The quantitative estimate of drug-likeness (QED) is 0.619. The summed E-state index contributed by atoms with van der Waals surface area (Å²) in [4.78, 5) is 10.1. The van der Waals surface area contributed by atoms with E-state index in [4.69, 9.17) is 17.3 Å². The average Bonchev–Trinajstić information content (AvgIpc) is 2.07. The Kier molecular flexibility index (Phi) is 3.43. The van der Waals surface area contributed by atoms with E-state index in [0.29, 0.717) is 6.42 Å². The predicted molar refractivity (Wildman–Crippen MR) is 55.5 cm³/mol. The van der Waals surface area contributed by atoms with Gasteiger partial charge < -0.3 is 5.73 Å². The van der Waals surface area contributed by atoms with Gasteiger partial charge in [0.15, 0.2) is 0 Å². The molecule has 1 aromatic rings. The van der Waals surface area contributed by atoms with Crippen LogP contribution < -0.4 is 5.73 Å². The van der Waals surface area contributed by atoms with Crippen LogP contribution in [0.1, 0.15) is 12.5 Å². The first kappa shape index (κ1) is 10.9. The molecule has 0 saturated heterocycles. The van der Waals surface area contributed by atoms with Crippen LogP contribution in [0.2, 0.25) is 5.02 Å². The molecule has 5 heteroatoms. The maximum atomic E-state index is 10.5. The minimum atomic E-state index is -0.493. The van der Waals surface area contributed by atoms with Gasteiger partial charge in [0, 0.05) is 12.1 Å². The van der Waals surface area contributed by atoms with Crippen LogP contribution in [0.4, 0.5) is 5.69 Å². The Morgan fingerprint density at radius 3 is 2.79 bits per heavy atom. The fraction of sp³-hybridized carbons (Fsp3) is 0.333. The Labute approximate surface area is 86.8 Å². The molecule has 1 rings (SSSR count). The summed E-state index contributed by atoms with van der Waals surface area (Å²) in [6.07, 6.45) is 0.609. The van der Waals surface area contributed by atoms with Crippen molar-refractivity contribution in [1.29, 1.82) is 0 Å². The molecule has 0 amide bonds. The number of hydrogen-bond acceptors (Lipinski definition) is 3. The molecule has 0 aromatic heterocycles. The van der Waals surface area contributed by atoms with Crippen LogP contribution in [0.3, 0.4) is 0 Å². The first-order valence-electron chi connectivity index (χ1n) is 4.19. The molecule has 0 unspecified atom stereocenters. The number of rotatable bonds is 3. The monoisotopic (exact) mass is 214 g/mol. The second-order valence-electron chi connectivity index (χ2n) is 3.22. The third kappa shape index (κ3) is 2.68. The van der Waals surface area contributed by atoms with Crippen molar-refractivity contribution in [2.24, 2.45) is 5.73 Å². The summed E-state index contributed by atoms with van der Waals surface area (Å²) >= 11 is 5.65. The van der Waals surface area contributed by atoms with E-state index in [9.17, 15) is 10.1 Å². The van der Waals surface area contributed by atoms with Gasteiger partial charge in [-0.15, -0.1) is 0 Å². The fourth-order valence-electron chi connectivity index (χ4n) is 1.20. The Morgan fingerprint density at radius 2 is 2.29 bits per heavy atom. The van der Waals surface area contributed by atoms with Crippen molar-refractivity contribution in [2.45, 2.75) is 19.4 Å². The van der Waals surface area contributed by atoms with Crippen LogP contribution in [-0.2, 0) is 6.42 Å². The molecule has 2 N–H and O–H groups in total. The average molecular weight is 215 g/mol. The van der Waals surface area contributed by atoms with Crippen LogP contribution in [0.15, 0.2) is 18.2 Å². The summed E-state index contributed by atoms with van der Waals surface area (Å²) < 4.78 is 0. The van der Waals surface area contributed by atoms with Gasteiger partial charge in [0.05, 0.1) is 4.92 Å². The predicted octanol–water partition coefficient (Wildman–Crippen LogP) is 2.14. The Morgan fingerprint density at radius 1 is 1.64 bits per heavy atom. The van der Waals surface area contributed by atoms with Crippen LogP contribution in [0.25, 0.3) is 0 Å². The molecule has 0 aliphatic heterocycles. The van der Waals surface area contributed by atoms with Crippen molar-refractivity contribution in [3.8, 4) is 0 Å². The zero-order valence-corrected chi connectivity index (χ0v) is 8.49. The number of halogens is 1. The van der Waals surface area contributed by atoms with Gasteiger partial charge in [-0.25, -0.2) is 0 Å². The van der Waals surface area contributed by atoms with Crippen molar-refractivity contribution in [1.82, 2.24) is 0 Å². The zero-order chi connectivity index (χ0) is 10.7. The molecule has 1 aromatic carbocycles. The van der Waals surface area contributed by atoms with E-state index in [0.717, 1.165) is 5.56 Å². The molecule has 0 saturated carbocycles. The van der Waals surface area contributed by atoms with Gasteiger partial charge in [-0.2, -0.15) is 0 Å². The maximum Gasteiger partial charge on any atom is 0.288 e. The number of hydrogen-bond donors (Lipinski definition) is 1. The van der Waals surface area contributed by atoms with Gasteiger partial charge in [0.25, 0.3) is 5.69 Å². The molecule has 0 bridgehead atoms. The number of benzene rings is 1. The lowest BCUT2D eigenvalue weighted by atomic mass is 10.1. The van der Waals surface area contributed by atoms with Crippen molar-refractivity contribution >= 4 is 17.3 Å². The topological polar surface area (TPSA) is 69.2 Å². The standard InChI is InChI=1S/C9H11ClN2O2/c1-6(11)4-7-2-3-8(10)9(5-7)12(13)14/h2-3,5-6H,4,11H2,1H3/t6-/m0/s1. The summed E-state index contributed by atoms with van der Waals surface area (Å²) in [6.45, 7) is 1.85. The van der Waals surface area contributed by atoms with Crippen LogP contribution in [-0.4, -0.2) is 11.0 Å². The second-order valence-corrected chi connectivity index (χ2v) is 3.63. The fourth-order valence-corrected chi connectivity index (χ4v) is 1.38. The smallest absolute Gasteiger partial charge is 0.288 e. The minimum Gasteiger partial charge on any atom is -0.328 e. The SMILES string of the molecule is C[C@H](N)Cc1ccc(Cl)c([N+](=O)[O-])c1. The summed E-state index contributed by atoms with van der Waals surface area (Å²) in [5.41, 5.74) is 6.35. The molecule has 0 aliphatic rings. The molecular weight excluding hydrogens is 204 g/mol. The lowest BCUT2D eigenvalue weighted by Crippen LogP contribution is -2.17. The summed E-state index contributed by atoms with van der Waals surface area (Å²) in [6, 6.07) is 4.72.